The van der Waals surface area contributed by atoms with Gasteiger partial charge in [0.1, 0.15) is 11.7 Å². The number of carbonyl (C=O) groups is 1. The molecule has 1 N–H and O–H groups in total. The van der Waals surface area contributed by atoms with E-state index in [-0.39, 0.29) is 19.4 Å². The van der Waals surface area contributed by atoms with E-state index < -0.39 is 59.2 Å². The van der Waals surface area contributed by atoms with Gasteiger partial charge in [0.05, 0.1) is 18.2 Å². The number of rotatable bonds is 3. The first-order chi connectivity index (χ1) is 14.0. The first-order valence-corrected chi connectivity index (χ1v) is 10.2. The Balaban J connectivity index is 2.05. The van der Waals surface area contributed by atoms with Crippen LogP contribution in [-0.2, 0) is 23.7 Å². The van der Waals surface area contributed by atoms with Gasteiger partial charge < -0.3 is 28.8 Å². The number of carbonyl (C=O) groups excluding carboxylic acids is 1. The van der Waals surface area contributed by atoms with Crippen LogP contribution in [0.2, 0.25) is 0 Å². The first kappa shape index (κ1) is 24.5. The molecule has 1 spiro atoms. The summed E-state index contributed by atoms with van der Waals surface area (Å²) in [6.07, 6.45) is -10.0. The van der Waals surface area contributed by atoms with Crippen LogP contribution in [-0.4, -0.2) is 84.1 Å². The van der Waals surface area contributed by atoms with Crippen LogP contribution in [0.4, 0.5) is 18.0 Å². The molecule has 0 aromatic heterocycles. The fourth-order valence-electron chi connectivity index (χ4n) is 4.65. The van der Waals surface area contributed by atoms with Crippen molar-refractivity contribution in [2.24, 2.45) is 5.92 Å². The highest BCUT2D eigenvalue weighted by Crippen LogP contribution is 2.58. The Morgan fingerprint density at radius 3 is 2.03 bits per heavy atom. The molecule has 3 fully saturated rings. The number of aliphatic hydroxyl groups is 1. The number of aliphatic hydroxyl groups excluding tert-OH is 1. The Bertz CT molecular complexity index is 708. The van der Waals surface area contributed by atoms with Crippen molar-refractivity contribution >= 4 is 6.09 Å². The summed E-state index contributed by atoms with van der Waals surface area (Å²) in [6.45, 7) is 7.99. The van der Waals surface area contributed by atoms with Crippen LogP contribution >= 0.6 is 0 Å². The minimum atomic E-state index is -4.92. The lowest BCUT2D eigenvalue weighted by molar-refractivity contribution is -0.462. The van der Waals surface area contributed by atoms with E-state index in [1.807, 2.05) is 0 Å². The zero-order valence-electron chi connectivity index (χ0n) is 18.9. The number of hydrogen-bond donors (Lipinski definition) is 1. The van der Waals surface area contributed by atoms with Crippen LogP contribution in [0.5, 0.6) is 0 Å². The monoisotopic (exact) mass is 455 g/mol. The molecule has 1 aliphatic carbocycles. The fourth-order valence-corrected chi connectivity index (χ4v) is 4.65. The molecule has 0 aromatic rings. The van der Waals surface area contributed by atoms with E-state index in [1.54, 1.807) is 27.7 Å². The second-order valence-electron chi connectivity index (χ2n) is 9.75. The van der Waals surface area contributed by atoms with E-state index in [1.165, 1.54) is 26.0 Å². The van der Waals surface area contributed by atoms with E-state index in [2.05, 4.69) is 0 Å². The zero-order valence-corrected chi connectivity index (χ0v) is 18.9. The third kappa shape index (κ3) is 4.03. The maximum Gasteiger partial charge on any atom is 0.414 e. The normalized spacial score (nSPS) is 38.5. The van der Waals surface area contributed by atoms with Crippen molar-refractivity contribution < 1.29 is 46.8 Å². The number of alkyl halides is 3. The maximum atomic E-state index is 13.7. The highest BCUT2D eigenvalue weighted by Gasteiger charge is 2.72. The molecule has 3 aliphatic rings. The summed E-state index contributed by atoms with van der Waals surface area (Å²) < 4.78 is 69.6. The molecule has 3 rings (SSSR count). The number of halogens is 3. The molecule has 180 valence electrons. The van der Waals surface area contributed by atoms with Crippen LogP contribution in [0, 0.1) is 5.92 Å². The topological polar surface area (TPSA) is 86.7 Å². The van der Waals surface area contributed by atoms with Crippen molar-refractivity contribution in [3.63, 3.8) is 0 Å². The number of likely N-dealkylation sites (tertiary alicyclic amines) is 1. The van der Waals surface area contributed by atoms with Crippen LogP contribution < -0.4 is 0 Å². The summed E-state index contributed by atoms with van der Waals surface area (Å²) in [7, 11) is 2.69. The molecular weight excluding hydrogens is 423 g/mol. The predicted molar refractivity (Wildman–Crippen MR) is 101 cm³/mol. The maximum absolute atomic E-state index is 13.7. The number of methoxy groups -OCH3 is 2. The Morgan fingerprint density at radius 2 is 1.61 bits per heavy atom. The van der Waals surface area contributed by atoms with Crippen LogP contribution in [0.3, 0.4) is 0 Å². The lowest BCUT2D eigenvalue weighted by Gasteiger charge is -2.59. The number of fused-ring (bicyclic) bond motifs is 1. The van der Waals surface area contributed by atoms with Crippen LogP contribution in [0.25, 0.3) is 0 Å². The SMILES string of the molecule is CO[C@@]1(C)O[C@@H]2[C@@H](C(O)C(F)(F)F)C3(CC3)N(C(=O)OC(C)(C)C)C[C@H]2O[C@]1(C)OC. The van der Waals surface area contributed by atoms with Crippen molar-refractivity contribution in [2.75, 3.05) is 20.8 Å². The molecule has 1 saturated carbocycles. The fraction of sp³-hybridized carbons (Fsp3) is 0.950. The number of amides is 1. The standard InChI is InChI=1S/C20H32F3NO7/c1-16(2,3)31-15(26)24-10-11-13(30-18(5,28-7)17(4,27-6)29-11)12(19(24)8-9-19)14(25)20(21,22)23/h11-14,25H,8-10H2,1-7H3/t11-,12+,13+,14?,17+,18+/m1/s1. The molecule has 2 heterocycles. The summed E-state index contributed by atoms with van der Waals surface area (Å²) in [5.74, 6) is -4.50. The van der Waals surface area contributed by atoms with Crippen molar-refractivity contribution in [1.82, 2.24) is 4.90 Å². The second kappa shape index (κ2) is 7.44. The summed E-state index contributed by atoms with van der Waals surface area (Å²) in [6, 6.07) is 0. The largest absolute Gasteiger partial charge is 0.444 e. The number of hydrogen-bond acceptors (Lipinski definition) is 7. The summed E-state index contributed by atoms with van der Waals surface area (Å²) in [4.78, 5) is 14.2. The Kier molecular flexibility index (Phi) is 5.88. The molecule has 6 atom stereocenters. The lowest BCUT2D eigenvalue weighted by Crippen LogP contribution is -2.75. The van der Waals surface area contributed by atoms with Gasteiger partial charge in [0.2, 0.25) is 11.6 Å². The lowest BCUT2D eigenvalue weighted by atomic mass is 9.77. The van der Waals surface area contributed by atoms with Crippen molar-refractivity contribution in [1.29, 1.82) is 0 Å². The average Bonchev–Trinajstić information content (AvgIpc) is 3.41. The van der Waals surface area contributed by atoms with E-state index >= 15 is 0 Å². The van der Waals surface area contributed by atoms with Crippen LogP contribution in [0.15, 0.2) is 0 Å². The van der Waals surface area contributed by atoms with Gasteiger partial charge in [-0.05, 0) is 47.5 Å². The Hall–Kier alpha value is -1.14. The van der Waals surface area contributed by atoms with Gasteiger partial charge in [-0.1, -0.05) is 0 Å². The van der Waals surface area contributed by atoms with Gasteiger partial charge in [-0.3, -0.25) is 4.90 Å². The highest BCUT2D eigenvalue weighted by atomic mass is 19.4. The van der Waals surface area contributed by atoms with Gasteiger partial charge in [0.25, 0.3) is 0 Å². The van der Waals surface area contributed by atoms with Crippen molar-refractivity contribution in [3.05, 3.63) is 0 Å². The van der Waals surface area contributed by atoms with Gasteiger partial charge in [0.15, 0.2) is 6.10 Å². The number of ether oxygens (including phenoxy) is 5. The van der Waals surface area contributed by atoms with Gasteiger partial charge >= 0.3 is 12.3 Å². The van der Waals surface area contributed by atoms with E-state index in [9.17, 15) is 23.1 Å². The summed E-state index contributed by atoms with van der Waals surface area (Å²) in [5, 5.41) is 10.4. The molecule has 11 heteroatoms. The molecule has 0 bridgehead atoms. The van der Waals surface area contributed by atoms with E-state index in [0.717, 1.165) is 0 Å². The first-order valence-electron chi connectivity index (χ1n) is 10.2. The van der Waals surface area contributed by atoms with Gasteiger partial charge in [-0.15, -0.1) is 0 Å². The summed E-state index contributed by atoms with van der Waals surface area (Å²) >= 11 is 0. The Morgan fingerprint density at radius 1 is 1.10 bits per heavy atom. The zero-order chi connectivity index (χ0) is 23.6. The van der Waals surface area contributed by atoms with Crippen LogP contribution in [0.1, 0.15) is 47.5 Å². The molecule has 0 radical (unpaired) electrons. The number of piperidine rings is 1. The quantitative estimate of drug-likeness (QED) is 0.700. The van der Waals surface area contributed by atoms with Crippen molar-refractivity contribution in [2.45, 2.75) is 94.7 Å². The van der Waals surface area contributed by atoms with E-state index in [0.29, 0.717) is 0 Å². The molecule has 2 aliphatic heterocycles. The molecule has 8 nitrogen and oxygen atoms in total. The average molecular weight is 455 g/mol. The third-order valence-electron chi connectivity index (χ3n) is 6.63. The highest BCUT2D eigenvalue weighted by molar-refractivity contribution is 5.70. The smallest absolute Gasteiger partial charge is 0.414 e. The van der Waals surface area contributed by atoms with Gasteiger partial charge in [-0.2, -0.15) is 13.2 Å². The minimum absolute atomic E-state index is 0.0700. The van der Waals surface area contributed by atoms with Crippen molar-refractivity contribution in [3.8, 4) is 0 Å². The summed E-state index contributed by atoms with van der Waals surface area (Å²) in [5.41, 5.74) is -2.10. The molecule has 1 unspecified atom stereocenters. The Labute approximate surface area is 179 Å². The van der Waals surface area contributed by atoms with Gasteiger partial charge in [0, 0.05) is 20.1 Å². The predicted octanol–water partition coefficient (Wildman–Crippen LogP) is 2.82. The third-order valence-corrected chi connectivity index (χ3v) is 6.63. The molecule has 1 amide bonds. The minimum Gasteiger partial charge on any atom is -0.444 e. The van der Waals surface area contributed by atoms with E-state index in [4.69, 9.17) is 23.7 Å². The molecule has 31 heavy (non-hydrogen) atoms. The second-order valence-corrected chi connectivity index (χ2v) is 9.75. The molecule has 2 saturated heterocycles. The number of nitrogens with zero attached hydrogens (tertiary/aromatic N) is 1. The van der Waals surface area contributed by atoms with Gasteiger partial charge in [-0.25, -0.2) is 4.79 Å². The molecular formula is C20H32F3NO7. The molecule has 0 aromatic carbocycles.